The zero-order valence-corrected chi connectivity index (χ0v) is 6.29. The topological polar surface area (TPSA) is 23.5 Å². The van der Waals surface area contributed by atoms with E-state index in [1.165, 1.54) is 32.4 Å². The molecule has 58 valence electrons. The van der Waals surface area contributed by atoms with Gasteiger partial charge in [-0.05, 0) is 38.3 Å². The molecular weight excluding hydrogens is 126 g/mol. The van der Waals surface area contributed by atoms with Gasteiger partial charge in [0, 0.05) is 12.6 Å². The summed E-state index contributed by atoms with van der Waals surface area (Å²) in [6, 6.07) is 0.741. The summed E-state index contributed by atoms with van der Waals surface area (Å²) in [5, 5.41) is 8.99. The number of nitrogens with zero attached hydrogens (tertiary/aromatic N) is 1. The van der Waals surface area contributed by atoms with Crippen LogP contribution in [0.15, 0.2) is 0 Å². The van der Waals surface area contributed by atoms with Gasteiger partial charge in [-0.3, -0.25) is 0 Å². The predicted molar refractivity (Wildman–Crippen MR) is 39.8 cm³/mol. The average Bonchev–Trinajstić information content (AvgIpc) is 2.44. The third kappa shape index (κ3) is 0.867. The van der Waals surface area contributed by atoms with Crippen molar-refractivity contribution in [1.82, 2.24) is 4.90 Å². The minimum absolute atomic E-state index is 0.404. The summed E-state index contributed by atoms with van der Waals surface area (Å²) in [6.45, 7) is 2.91. The Labute approximate surface area is 61.8 Å². The zero-order chi connectivity index (χ0) is 6.97. The van der Waals surface area contributed by atoms with Gasteiger partial charge in [-0.2, -0.15) is 0 Å². The first-order valence-electron chi connectivity index (χ1n) is 4.26. The molecule has 1 N–H and O–H groups in total. The van der Waals surface area contributed by atoms with E-state index < -0.39 is 0 Å². The molecule has 2 saturated heterocycles. The summed E-state index contributed by atoms with van der Waals surface area (Å²) in [6.07, 6.45) is 3.90. The first-order chi connectivity index (χ1) is 4.92. The molecular formula is C8H15NO. The summed E-state index contributed by atoms with van der Waals surface area (Å²) in [5.41, 5.74) is 0. The van der Waals surface area contributed by atoms with Gasteiger partial charge in [0.15, 0.2) is 0 Å². The minimum atomic E-state index is 0.404. The normalized spacial score (nSPS) is 40.5. The van der Waals surface area contributed by atoms with Crippen molar-refractivity contribution in [3.05, 3.63) is 0 Å². The van der Waals surface area contributed by atoms with E-state index in [0.717, 1.165) is 6.04 Å². The standard InChI is InChI=1S/C8H15NO/c10-6-7-3-5-9-4-1-2-8(7)9/h7-8,10H,1-6H2/t7-,8?/m0/s1. The highest BCUT2D eigenvalue weighted by atomic mass is 16.3. The van der Waals surface area contributed by atoms with Crippen LogP contribution in [0.1, 0.15) is 19.3 Å². The van der Waals surface area contributed by atoms with Gasteiger partial charge in [-0.25, -0.2) is 0 Å². The number of aliphatic hydroxyl groups is 1. The lowest BCUT2D eigenvalue weighted by Crippen LogP contribution is -2.27. The molecule has 0 amide bonds. The second kappa shape index (κ2) is 2.51. The monoisotopic (exact) mass is 141 g/mol. The SMILES string of the molecule is OC[C@@H]1CCN2CCCC12. The number of aliphatic hydroxyl groups excluding tert-OH is 1. The van der Waals surface area contributed by atoms with Crippen molar-refractivity contribution in [2.24, 2.45) is 5.92 Å². The quantitative estimate of drug-likeness (QED) is 0.573. The van der Waals surface area contributed by atoms with E-state index in [1.807, 2.05) is 0 Å². The third-order valence-electron chi connectivity index (χ3n) is 2.98. The Morgan fingerprint density at radius 2 is 2.20 bits per heavy atom. The first kappa shape index (κ1) is 6.62. The number of hydrogen-bond donors (Lipinski definition) is 1. The number of hydrogen-bond acceptors (Lipinski definition) is 2. The fourth-order valence-electron chi connectivity index (χ4n) is 2.40. The van der Waals surface area contributed by atoms with E-state index >= 15 is 0 Å². The summed E-state index contributed by atoms with van der Waals surface area (Å²) in [5.74, 6) is 0.600. The van der Waals surface area contributed by atoms with Gasteiger partial charge in [0.05, 0.1) is 0 Å². The van der Waals surface area contributed by atoms with Gasteiger partial charge < -0.3 is 10.0 Å². The van der Waals surface area contributed by atoms with Crippen LogP contribution in [0.4, 0.5) is 0 Å². The molecule has 0 bridgehead atoms. The van der Waals surface area contributed by atoms with Crippen molar-refractivity contribution in [1.29, 1.82) is 0 Å². The molecule has 1 unspecified atom stereocenters. The van der Waals surface area contributed by atoms with Gasteiger partial charge in [0.25, 0.3) is 0 Å². The molecule has 0 aromatic heterocycles. The van der Waals surface area contributed by atoms with E-state index in [9.17, 15) is 0 Å². The smallest absolute Gasteiger partial charge is 0.0474 e. The molecule has 2 rings (SSSR count). The second-order valence-electron chi connectivity index (χ2n) is 3.48. The maximum atomic E-state index is 8.99. The van der Waals surface area contributed by atoms with E-state index in [2.05, 4.69) is 4.90 Å². The average molecular weight is 141 g/mol. The van der Waals surface area contributed by atoms with Crippen molar-refractivity contribution in [3.63, 3.8) is 0 Å². The van der Waals surface area contributed by atoms with Gasteiger partial charge >= 0.3 is 0 Å². The molecule has 0 saturated carbocycles. The van der Waals surface area contributed by atoms with E-state index in [0.29, 0.717) is 12.5 Å². The highest BCUT2D eigenvalue weighted by molar-refractivity contribution is 4.90. The Kier molecular flexibility index (Phi) is 1.66. The maximum absolute atomic E-state index is 8.99. The molecule has 0 aromatic rings. The van der Waals surface area contributed by atoms with Crippen LogP contribution in [-0.4, -0.2) is 35.7 Å². The Bertz CT molecular complexity index is 126. The van der Waals surface area contributed by atoms with Crippen molar-refractivity contribution < 1.29 is 5.11 Å². The van der Waals surface area contributed by atoms with Crippen LogP contribution < -0.4 is 0 Å². The largest absolute Gasteiger partial charge is 0.396 e. The highest BCUT2D eigenvalue weighted by Crippen LogP contribution is 2.31. The molecule has 0 spiro atoms. The van der Waals surface area contributed by atoms with Crippen LogP contribution in [0.3, 0.4) is 0 Å². The molecule has 10 heavy (non-hydrogen) atoms. The van der Waals surface area contributed by atoms with Crippen molar-refractivity contribution >= 4 is 0 Å². The maximum Gasteiger partial charge on any atom is 0.0474 e. The molecule has 0 radical (unpaired) electrons. The van der Waals surface area contributed by atoms with Crippen LogP contribution >= 0.6 is 0 Å². The van der Waals surface area contributed by atoms with Crippen molar-refractivity contribution in [3.8, 4) is 0 Å². The zero-order valence-electron chi connectivity index (χ0n) is 6.29. The Morgan fingerprint density at radius 1 is 1.30 bits per heavy atom. The van der Waals surface area contributed by atoms with Crippen LogP contribution in [0.25, 0.3) is 0 Å². The second-order valence-corrected chi connectivity index (χ2v) is 3.48. The van der Waals surface area contributed by atoms with Gasteiger partial charge in [0.2, 0.25) is 0 Å². The summed E-state index contributed by atoms with van der Waals surface area (Å²) in [4.78, 5) is 2.53. The highest BCUT2D eigenvalue weighted by Gasteiger charge is 2.36. The number of rotatable bonds is 1. The van der Waals surface area contributed by atoms with E-state index in [-0.39, 0.29) is 0 Å². The van der Waals surface area contributed by atoms with Gasteiger partial charge in [0.1, 0.15) is 0 Å². The predicted octanol–water partition coefficient (Wildman–Crippen LogP) is 0.463. The third-order valence-corrected chi connectivity index (χ3v) is 2.98. The van der Waals surface area contributed by atoms with Crippen LogP contribution in [0.5, 0.6) is 0 Å². The van der Waals surface area contributed by atoms with Crippen molar-refractivity contribution in [2.75, 3.05) is 19.7 Å². The molecule has 2 atom stereocenters. The van der Waals surface area contributed by atoms with Gasteiger partial charge in [-0.1, -0.05) is 0 Å². The van der Waals surface area contributed by atoms with Crippen molar-refractivity contribution in [2.45, 2.75) is 25.3 Å². The summed E-state index contributed by atoms with van der Waals surface area (Å²) >= 11 is 0. The Hall–Kier alpha value is -0.0800. The molecule has 2 nitrogen and oxygen atoms in total. The Morgan fingerprint density at radius 3 is 3.00 bits per heavy atom. The van der Waals surface area contributed by atoms with E-state index in [1.54, 1.807) is 0 Å². The van der Waals surface area contributed by atoms with Crippen LogP contribution in [-0.2, 0) is 0 Å². The molecule has 2 aliphatic heterocycles. The Balaban J connectivity index is 2.01. The molecule has 2 heterocycles. The molecule has 0 aliphatic carbocycles. The number of fused-ring (bicyclic) bond motifs is 1. The minimum Gasteiger partial charge on any atom is -0.396 e. The van der Waals surface area contributed by atoms with Gasteiger partial charge in [-0.15, -0.1) is 0 Å². The first-order valence-corrected chi connectivity index (χ1v) is 4.26. The van der Waals surface area contributed by atoms with Crippen LogP contribution in [0.2, 0.25) is 0 Å². The lowest BCUT2D eigenvalue weighted by atomic mass is 10.00. The molecule has 2 heteroatoms. The molecule has 2 aliphatic rings. The lowest BCUT2D eigenvalue weighted by Gasteiger charge is -2.17. The summed E-state index contributed by atoms with van der Waals surface area (Å²) < 4.78 is 0. The summed E-state index contributed by atoms with van der Waals surface area (Å²) in [7, 11) is 0. The molecule has 0 aromatic carbocycles. The van der Waals surface area contributed by atoms with Crippen LogP contribution in [0, 0.1) is 5.92 Å². The fourth-order valence-corrected chi connectivity index (χ4v) is 2.40. The van der Waals surface area contributed by atoms with E-state index in [4.69, 9.17) is 5.11 Å². The molecule has 2 fully saturated rings. The lowest BCUT2D eigenvalue weighted by molar-refractivity contribution is 0.191. The fraction of sp³-hybridized carbons (Fsp3) is 1.00.